The Hall–Kier alpha value is -0.520. The lowest BCUT2D eigenvalue weighted by atomic mass is 9.87. The molecule has 0 radical (unpaired) electrons. The van der Waals surface area contributed by atoms with Crippen molar-refractivity contribution in [3.8, 4) is 0 Å². The molecule has 1 aromatic rings. The first-order valence-corrected chi connectivity index (χ1v) is 7.81. The molecule has 4 nitrogen and oxygen atoms in total. The molecule has 110 valence electrons. The van der Waals surface area contributed by atoms with Crippen molar-refractivity contribution in [3.05, 3.63) is 10.6 Å². The van der Waals surface area contributed by atoms with Crippen LogP contribution in [0.3, 0.4) is 0 Å². The van der Waals surface area contributed by atoms with Crippen molar-refractivity contribution in [2.24, 2.45) is 17.7 Å². The topological polar surface area (TPSA) is 63.8 Å². The van der Waals surface area contributed by atoms with E-state index in [0.717, 1.165) is 18.0 Å². The molecule has 1 rings (SSSR count). The van der Waals surface area contributed by atoms with Gasteiger partial charge in [-0.2, -0.15) is 0 Å². The fourth-order valence-corrected chi connectivity index (χ4v) is 3.44. The van der Waals surface area contributed by atoms with Gasteiger partial charge in [-0.1, -0.05) is 46.0 Å². The van der Waals surface area contributed by atoms with Gasteiger partial charge in [0.15, 0.2) is 0 Å². The van der Waals surface area contributed by atoms with Crippen molar-refractivity contribution in [2.45, 2.75) is 65.8 Å². The van der Waals surface area contributed by atoms with E-state index in [1.165, 1.54) is 22.8 Å². The van der Waals surface area contributed by atoms with E-state index < -0.39 is 0 Å². The Kier molecular flexibility index (Phi) is 5.89. The zero-order valence-corrected chi connectivity index (χ0v) is 13.8. The lowest BCUT2D eigenvalue weighted by molar-refractivity contribution is 0.358. The summed E-state index contributed by atoms with van der Waals surface area (Å²) >= 11 is 1.47. The molecule has 2 atom stereocenters. The zero-order chi connectivity index (χ0) is 14.6. The molecule has 19 heavy (non-hydrogen) atoms. The third kappa shape index (κ3) is 4.82. The van der Waals surface area contributed by atoms with Crippen LogP contribution in [0.4, 0.5) is 0 Å². The van der Waals surface area contributed by atoms with Crippen LogP contribution in [0.15, 0.2) is 0 Å². The van der Waals surface area contributed by atoms with Crippen molar-refractivity contribution in [2.75, 3.05) is 0 Å². The minimum atomic E-state index is 0.0126. The fourth-order valence-electron chi connectivity index (χ4n) is 2.50. The van der Waals surface area contributed by atoms with Crippen molar-refractivity contribution in [1.29, 1.82) is 0 Å². The van der Waals surface area contributed by atoms with Crippen LogP contribution in [0.5, 0.6) is 0 Å². The minimum Gasteiger partial charge on any atom is -0.271 e. The summed E-state index contributed by atoms with van der Waals surface area (Å²) in [6, 6.07) is 0.156. The summed E-state index contributed by atoms with van der Waals surface area (Å²) in [6.07, 6.45) is 2.25. The Morgan fingerprint density at radius 2 is 1.84 bits per heavy atom. The number of hydrogen-bond acceptors (Lipinski definition) is 5. The van der Waals surface area contributed by atoms with Crippen LogP contribution in [-0.2, 0) is 5.41 Å². The quantitative estimate of drug-likeness (QED) is 0.620. The molecular formula is C14H28N4S. The summed E-state index contributed by atoms with van der Waals surface area (Å²) in [5.41, 5.74) is 4.03. The predicted octanol–water partition coefficient (Wildman–Crippen LogP) is 3.41. The average Bonchev–Trinajstić information content (AvgIpc) is 2.73. The van der Waals surface area contributed by atoms with Gasteiger partial charge in [-0.15, -0.1) is 5.10 Å². The first-order valence-electron chi connectivity index (χ1n) is 7.04. The van der Waals surface area contributed by atoms with Gasteiger partial charge in [0.1, 0.15) is 0 Å². The second kappa shape index (κ2) is 6.77. The highest BCUT2D eigenvalue weighted by molar-refractivity contribution is 7.05. The standard InChI is InChI=1S/C14H28N4S/c1-9(2)7-10(3)8-11(16-15)12-13(14(4,5)6)17-18-19-12/h9-11,16H,7-8,15H2,1-6H3. The Balaban J connectivity index is 2.83. The molecule has 5 heteroatoms. The van der Waals surface area contributed by atoms with E-state index in [1.807, 2.05) is 0 Å². The monoisotopic (exact) mass is 284 g/mol. The van der Waals surface area contributed by atoms with Crippen LogP contribution in [0.25, 0.3) is 0 Å². The van der Waals surface area contributed by atoms with E-state index in [2.05, 4.69) is 56.6 Å². The van der Waals surface area contributed by atoms with Crippen LogP contribution >= 0.6 is 11.5 Å². The number of nitrogens with one attached hydrogen (secondary N) is 1. The highest BCUT2D eigenvalue weighted by Crippen LogP contribution is 2.33. The molecule has 0 bridgehead atoms. The fraction of sp³-hybridized carbons (Fsp3) is 0.857. The first-order chi connectivity index (χ1) is 8.75. The third-order valence-electron chi connectivity index (χ3n) is 3.25. The summed E-state index contributed by atoms with van der Waals surface area (Å²) in [5.74, 6) is 7.11. The zero-order valence-electron chi connectivity index (χ0n) is 13.0. The Labute approximate surface area is 121 Å². The highest BCUT2D eigenvalue weighted by atomic mass is 32.1. The van der Waals surface area contributed by atoms with Gasteiger partial charge in [0, 0.05) is 5.41 Å². The van der Waals surface area contributed by atoms with Gasteiger partial charge >= 0.3 is 0 Å². The molecule has 0 fully saturated rings. The summed E-state index contributed by atoms with van der Waals surface area (Å²) in [7, 11) is 0. The largest absolute Gasteiger partial charge is 0.271 e. The van der Waals surface area contributed by atoms with Crippen LogP contribution in [0.2, 0.25) is 0 Å². The SMILES string of the molecule is CC(C)CC(C)CC(NN)c1snnc1C(C)(C)C. The molecule has 0 aliphatic carbocycles. The second-order valence-corrected chi connectivity index (χ2v) is 7.71. The smallest absolute Gasteiger partial charge is 0.0857 e. The van der Waals surface area contributed by atoms with Gasteiger partial charge in [-0.25, -0.2) is 0 Å². The summed E-state index contributed by atoms with van der Waals surface area (Å²) < 4.78 is 4.12. The summed E-state index contributed by atoms with van der Waals surface area (Å²) in [6.45, 7) is 13.3. The number of hydrazine groups is 1. The van der Waals surface area contributed by atoms with E-state index in [1.54, 1.807) is 0 Å². The van der Waals surface area contributed by atoms with Crippen molar-refractivity contribution in [1.82, 2.24) is 15.0 Å². The lowest BCUT2D eigenvalue weighted by Crippen LogP contribution is -2.31. The molecular weight excluding hydrogens is 256 g/mol. The van der Waals surface area contributed by atoms with Gasteiger partial charge in [0.2, 0.25) is 0 Å². The van der Waals surface area contributed by atoms with Gasteiger partial charge in [-0.3, -0.25) is 11.3 Å². The van der Waals surface area contributed by atoms with Gasteiger partial charge in [-0.05, 0) is 36.2 Å². The van der Waals surface area contributed by atoms with E-state index >= 15 is 0 Å². The molecule has 0 amide bonds. The predicted molar refractivity (Wildman–Crippen MR) is 81.9 cm³/mol. The molecule has 0 saturated carbocycles. The lowest BCUT2D eigenvalue weighted by Gasteiger charge is -2.24. The number of hydrogen-bond donors (Lipinski definition) is 2. The Bertz CT molecular complexity index is 381. The van der Waals surface area contributed by atoms with Gasteiger partial charge < -0.3 is 0 Å². The summed E-state index contributed by atoms with van der Waals surface area (Å²) in [4.78, 5) is 1.19. The third-order valence-corrected chi connectivity index (χ3v) is 4.09. The van der Waals surface area contributed by atoms with Crippen molar-refractivity contribution >= 4 is 11.5 Å². The molecule has 3 N–H and O–H groups in total. The molecule has 0 saturated heterocycles. The minimum absolute atomic E-state index is 0.0126. The van der Waals surface area contributed by atoms with E-state index in [9.17, 15) is 0 Å². The molecule has 0 aliphatic rings. The molecule has 0 aromatic carbocycles. The van der Waals surface area contributed by atoms with Gasteiger partial charge in [0.25, 0.3) is 0 Å². The van der Waals surface area contributed by atoms with Gasteiger partial charge in [0.05, 0.1) is 16.6 Å². The first kappa shape index (κ1) is 16.5. The van der Waals surface area contributed by atoms with Crippen molar-refractivity contribution < 1.29 is 0 Å². The normalized spacial score (nSPS) is 15.8. The van der Waals surface area contributed by atoms with E-state index in [4.69, 9.17) is 5.84 Å². The van der Waals surface area contributed by atoms with Crippen LogP contribution in [0, 0.1) is 11.8 Å². The second-order valence-electron chi connectivity index (χ2n) is 6.93. The Morgan fingerprint density at radius 3 is 2.32 bits per heavy atom. The molecule has 1 aromatic heterocycles. The number of nitrogens with zero attached hydrogens (tertiary/aromatic N) is 2. The van der Waals surface area contributed by atoms with Crippen LogP contribution < -0.4 is 11.3 Å². The number of rotatable bonds is 6. The molecule has 1 heterocycles. The molecule has 2 unspecified atom stereocenters. The average molecular weight is 284 g/mol. The molecule has 0 aliphatic heterocycles. The number of nitrogens with two attached hydrogens (primary N) is 1. The maximum atomic E-state index is 5.76. The number of aromatic nitrogens is 2. The summed E-state index contributed by atoms with van der Waals surface area (Å²) in [5, 5.41) is 4.30. The van der Waals surface area contributed by atoms with Crippen molar-refractivity contribution in [3.63, 3.8) is 0 Å². The maximum absolute atomic E-state index is 5.76. The Morgan fingerprint density at radius 1 is 1.21 bits per heavy atom. The molecule has 0 spiro atoms. The van der Waals surface area contributed by atoms with Crippen LogP contribution in [-0.4, -0.2) is 9.59 Å². The van der Waals surface area contributed by atoms with E-state index in [-0.39, 0.29) is 11.5 Å². The highest BCUT2D eigenvalue weighted by Gasteiger charge is 2.27. The maximum Gasteiger partial charge on any atom is 0.0857 e. The van der Waals surface area contributed by atoms with E-state index in [0.29, 0.717) is 5.92 Å². The van der Waals surface area contributed by atoms with Crippen LogP contribution in [0.1, 0.15) is 71.0 Å².